The topological polar surface area (TPSA) is 42.0 Å². The Labute approximate surface area is 113 Å². The molecule has 19 heavy (non-hydrogen) atoms. The van der Waals surface area contributed by atoms with E-state index in [4.69, 9.17) is 0 Å². The number of nitrogens with zero attached hydrogens (tertiary/aromatic N) is 1. The minimum absolute atomic E-state index is 0.131. The van der Waals surface area contributed by atoms with E-state index >= 15 is 0 Å². The van der Waals surface area contributed by atoms with Gasteiger partial charge in [0.2, 0.25) is 0 Å². The molecule has 1 aromatic heterocycles. The number of carbonyl (C=O) groups is 1. The van der Waals surface area contributed by atoms with Crippen LogP contribution in [0.4, 0.5) is 5.82 Å². The maximum atomic E-state index is 12.1. The molecule has 0 fully saturated rings. The first kappa shape index (κ1) is 13.3. The van der Waals surface area contributed by atoms with Crippen LogP contribution in [-0.4, -0.2) is 10.9 Å². The minimum atomic E-state index is -0.131. The smallest absolute Gasteiger partial charge is 0.256 e. The lowest BCUT2D eigenvalue weighted by molar-refractivity contribution is 0.102. The van der Waals surface area contributed by atoms with E-state index in [-0.39, 0.29) is 5.91 Å². The average Bonchev–Trinajstić information content (AvgIpc) is 2.39. The highest BCUT2D eigenvalue weighted by Gasteiger charge is 2.07. The molecule has 0 aliphatic heterocycles. The highest BCUT2D eigenvalue weighted by Crippen LogP contribution is 2.15. The van der Waals surface area contributed by atoms with Gasteiger partial charge in [-0.15, -0.1) is 0 Å². The van der Waals surface area contributed by atoms with E-state index in [1.54, 1.807) is 6.07 Å². The molecular formula is C16H18N2O. The number of amides is 1. The van der Waals surface area contributed by atoms with Crippen molar-refractivity contribution in [2.75, 3.05) is 5.32 Å². The van der Waals surface area contributed by atoms with Gasteiger partial charge in [-0.1, -0.05) is 32.0 Å². The summed E-state index contributed by atoms with van der Waals surface area (Å²) in [6.45, 7) is 6.16. The molecule has 0 spiro atoms. The van der Waals surface area contributed by atoms with Gasteiger partial charge < -0.3 is 5.32 Å². The van der Waals surface area contributed by atoms with Crippen LogP contribution < -0.4 is 5.32 Å². The fourth-order valence-corrected chi connectivity index (χ4v) is 1.82. The van der Waals surface area contributed by atoms with Crippen LogP contribution in [0.2, 0.25) is 0 Å². The van der Waals surface area contributed by atoms with Gasteiger partial charge in [0.25, 0.3) is 5.91 Å². The Bertz CT molecular complexity index is 574. The van der Waals surface area contributed by atoms with E-state index in [0.29, 0.717) is 17.3 Å². The maximum absolute atomic E-state index is 12.1. The first-order valence-corrected chi connectivity index (χ1v) is 6.41. The predicted molar refractivity (Wildman–Crippen MR) is 77.5 cm³/mol. The molecule has 0 aliphatic carbocycles. The Morgan fingerprint density at radius 1 is 1.11 bits per heavy atom. The number of aromatic nitrogens is 1. The zero-order chi connectivity index (χ0) is 13.8. The van der Waals surface area contributed by atoms with Crippen molar-refractivity contribution >= 4 is 11.7 Å². The fourth-order valence-electron chi connectivity index (χ4n) is 1.82. The molecule has 3 nitrogen and oxygen atoms in total. The van der Waals surface area contributed by atoms with E-state index in [2.05, 4.69) is 24.1 Å². The van der Waals surface area contributed by atoms with Crippen LogP contribution in [0.5, 0.6) is 0 Å². The van der Waals surface area contributed by atoms with Gasteiger partial charge in [0, 0.05) is 11.3 Å². The predicted octanol–water partition coefficient (Wildman–Crippen LogP) is 3.77. The Hall–Kier alpha value is -2.16. The molecule has 0 aliphatic rings. The van der Waals surface area contributed by atoms with Gasteiger partial charge in [0.15, 0.2) is 0 Å². The van der Waals surface area contributed by atoms with Crippen molar-refractivity contribution in [3.05, 3.63) is 59.3 Å². The number of pyridine rings is 1. The molecule has 1 N–H and O–H groups in total. The molecular weight excluding hydrogens is 236 g/mol. The summed E-state index contributed by atoms with van der Waals surface area (Å²) in [5, 5.41) is 2.80. The Morgan fingerprint density at radius 3 is 2.37 bits per heavy atom. The van der Waals surface area contributed by atoms with E-state index in [1.165, 1.54) is 5.56 Å². The Morgan fingerprint density at radius 2 is 1.79 bits per heavy atom. The molecule has 0 saturated carbocycles. The SMILES string of the molecule is Cc1cccc(NC(=O)c2ccc(C(C)C)cc2)n1. The lowest BCUT2D eigenvalue weighted by Crippen LogP contribution is -2.13. The maximum Gasteiger partial charge on any atom is 0.256 e. The molecule has 2 rings (SSSR count). The van der Waals surface area contributed by atoms with Gasteiger partial charge in [-0.3, -0.25) is 4.79 Å². The zero-order valence-electron chi connectivity index (χ0n) is 11.5. The first-order chi connectivity index (χ1) is 9.06. The lowest BCUT2D eigenvalue weighted by atomic mass is 10.0. The van der Waals surface area contributed by atoms with E-state index < -0.39 is 0 Å². The number of rotatable bonds is 3. The van der Waals surface area contributed by atoms with Crippen LogP contribution in [0.3, 0.4) is 0 Å². The van der Waals surface area contributed by atoms with Gasteiger partial charge in [-0.25, -0.2) is 4.98 Å². The van der Waals surface area contributed by atoms with Crippen molar-refractivity contribution in [2.45, 2.75) is 26.7 Å². The summed E-state index contributed by atoms with van der Waals surface area (Å²) in [5.74, 6) is 0.918. The molecule has 0 atom stereocenters. The lowest BCUT2D eigenvalue weighted by Gasteiger charge is -2.08. The standard InChI is InChI=1S/C16H18N2O/c1-11(2)13-7-9-14(10-8-13)16(19)18-15-6-4-5-12(3)17-15/h4-11H,1-3H3,(H,17,18,19). The molecule has 1 heterocycles. The van der Waals surface area contributed by atoms with Crippen LogP contribution in [0.15, 0.2) is 42.5 Å². The number of aryl methyl sites for hydroxylation is 1. The minimum Gasteiger partial charge on any atom is -0.307 e. The summed E-state index contributed by atoms with van der Waals surface area (Å²) in [4.78, 5) is 16.3. The van der Waals surface area contributed by atoms with Crippen molar-refractivity contribution in [3.63, 3.8) is 0 Å². The van der Waals surface area contributed by atoms with Crippen molar-refractivity contribution in [1.29, 1.82) is 0 Å². The quantitative estimate of drug-likeness (QED) is 0.906. The first-order valence-electron chi connectivity index (χ1n) is 6.41. The van der Waals surface area contributed by atoms with E-state index in [0.717, 1.165) is 5.69 Å². The Kier molecular flexibility index (Phi) is 3.95. The highest BCUT2D eigenvalue weighted by atomic mass is 16.1. The molecule has 0 bridgehead atoms. The normalized spacial score (nSPS) is 10.5. The number of carbonyl (C=O) groups excluding carboxylic acids is 1. The van der Waals surface area contributed by atoms with Crippen molar-refractivity contribution in [1.82, 2.24) is 4.98 Å². The second kappa shape index (κ2) is 5.65. The van der Waals surface area contributed by atoms with Crippen molar-refractivity contribution in [3.8, 4) is 0 Å². The van der Waals surface area contributed by atoms with Crippen LogP contribution >= 0.6 is 0 Å². The third-order valence-electron chi connectivity index (χ3n) is 2.97. The third-order valence-corrected chi connectivity index (χ3v) is 2.97. The van der Waals surface area contributed by atoms with Crippen LogP contribution in [0.25, 0.3) is 0 Å². The van der Waals surface area contributed by atoms with Crippen molar-refractivity contribution < 1.29 is 4.79 Å². The zero-order valence-corrected chi connectivity index (χ0v) is 11.5. The monoisotopic (exact) mass is 254 g/mol. The van der Waals surface area contributed by atoms with Crippen LogP contribution in [0.1, 0.15) is 41.4 Å². The van der Waals surface area contributed by atoms with E-state index in [9.17, 15) is 4.79 Å². The molecule has 0 unspecified atom stereocenters. The molecule has 1 aromatic carbocycles. The number of hydrogen-bond acceptors (Lipinski definition) is 2. The van der Waals surface area contributed by atoms with Crippen LogP contribution in [0, 0.1) is 6.92 Å². The fraction of sp³-hybridized carbons (Fsp3) is 0.250. The second-order valence-corrected chi connectivity index (χ2v) is 4.90. The summed E-state index contributed by atoms with van der Waals surface area (Å²) in [5.41, 5.74) is 2.76. The number of hydrogen-bond donors (Lipinski definition) is 1. The molecule has 3 heteroatoms. The average molecular weight is 254 g/mol. The third kappa shape index (κ3) is 3.41. The molecule has 98 valence electrons. The van der Waals surface area contributed by atoms with Gasteiger partial charge in [-0.2, -0.15) is 0 Å². The van der Waals surface area contributed by atoms with Crippen molar-refractivity contribution in [2.24, 2.45) is 0 Å². The van der Waals surface area contributed by atoms with Gasteiger partial charge in [0.05, 0.1) is 0 Å². The summed E-state index contributed by atoms with van der Waals surface area (Å²) >= 11 is 0. The second-order valence-electron chi connectivity index (χ2n) is 4.90. The van der Waals surface area contributed by atoms with Gasteiger partial charge >= 0.3 is 0 Å². The number of benzene rings is 1. The van der Waals surface area contributed by atoms with Gasteiger partial charge in [-0.05, 0) is 42.7 Å². The summed E-state index contributed by atoms with van der Waals surface area (Å²) in [7, 11) is 0. The largest absolute Gasteiger partial charge is 0.307 e. The van der Waals surface area contributed by atoms with E-state index in [1.807, 2.05) is 43.3 Å². The van der Waals surface area contributed by atoms with Gasteiger partial charge in [0.1, 0.15) is 5.82 Å². The van der Waals surface area contributed by atoms with Crippen LogP contribution in [-0.2, 0) is 0 Å². The summed E-state index contributed by atoms with van der Waals surface area (Å²) in [6.07, 6.45) is 0. The molecule has 0 radical (unpaired) electrons. The Balaban J connectivity index is 2.11. The highest BCUT2D eigenvalue weighted by molar-refractivity contribution is 6.03. The molecule has 0 saturated heterocycles. The summed E-state index contributed by atoms with van der Waals surface area (Å²) < 4.78 is 0. The summed E-state index contributed by atoms with van der Waals surface area (Å²) in [6, 6.07) is 13.2. The molecule has 2 aromatic rings. The number of anilines is 1. The number of nitrogens with one attached hydrogen (secondary N) is 1. The molecule has 1 amide bonds.